The van der Waals surface area contributed by atoms with E-state index in [4.69, 9.17) is 4.55 Å². The lowest BCUT2D eigenvalue weighted by Gasteiger charge is -1.95. The first-order valence-corrected chi connectivity index (χ1v) is 6.60. The molecule has 0 bridgehead atoms. The third kappa shape index (κ3) is 2.23. The molecule has 0 unspecified atom stereocenters. The number of aromatic nitrogens is 3. The van der Waals surface area contributed by atoms with E-state index in [9.17, 15) is 8.42 Å². The average Bonchev–Trinajstić information content (AvgIpc) is 2.61. The number of rotatable bonds is 2. The second-order valence-corrected chi connectivity index (χ2v) is 5.32. The second-order valence-electron chi connectivity index (χ2n) is 2.89. The zero-order valence-electron chi connectivity index (χ0n) is 7.78. The molecule has 1 N–H and O–H groups in total. The Balaban J connectivity index is 2.57. The summed E-state index contributed by atoms with van der Waals surface area (Å²) < 4.78 is 31.7. The van der Waals surface area contributed by atoms with E-state index in [2.05, 4.69) is 10.1 Å². The fourth-order valence-electron chi connectivity index (χ4n) is 1.13. The quantitative estimate of drug-likeness (QED) is 0.649. The molecule has 0 aliphatic carbocycles. The minimum Gasteiger partial charge on any atom is -0.268 e. The second kappa shape index (κ2) is 4.11. The highest BCUT2D eigenvalue weighted by Crippen LogP contribution is 2.21. The number of pyridine rings is 1. The van der Waals surface area contributed by atoms with Crippen molar-refractivity contribution in [1.82, 2.24) is 14.2 Å². The number of hydrogen-bond acceptors (Lipinski definition) is 4. The first-order chi connectivity index (χ1) is 7.48. The molecule has 84 valence electrons. The Hall–Kier alpha value is -1.00. The lowest BCUT2D eigenvalue weighted by molar-refractivity contribution is 0.466. The summed E-state index contributed by atoms with van der Waals surface area (Å²) >= 11 is 1.93. The normalized spacial score (nSPS) is 11.6. The number of halogens is 1. The molecule has 2 heterocycles. The van der Waals surface area contributed by atoms with E-state index in [0.717, 1.165) is 0 Å². The maximum absolute atomic E-state index is 10.9. The smallest absolute Gasteiger partial charge is 0.268 e. The lowest BCUT2D eigenvalue weighted by atomic mass is 10.3. The first kappa shape index (κ1) is 11.5. The predicted octanol–water partition coefficient (Wildman–Crippen LogP) is 1.20. The summed E-state index contributed by atoms with van der Waals surface area (Å²) in [4.78, 5) is 4.05. The summed E-state index contributed by atoms with van der Waals surface area (Å²) in [5, 5.41) is 3.76. The van der Waals surface area contributed by atoms with Gasteiger partial charge in [-0.1, -0.05) is 6.07 Å². The van der Waals surface area contributed by atoms with Crippen LogP contribution in [0.15, 0.2) is 30.6 Å². The van der Waals surface area contributed by atoms with Crippen molar-refractivity contribution in [1.29, 1.82) is 0 Å². The fraction of sp³-hybridized carbons (Fsp3) is 0. The van der Waals surface area contributed by atoms with Crippen molar-refractivity contribution in [3.8, 4) is 11.4 Å². The van der Waals surface area contributed by atoms with Crippen molar-refractivity contribution >= 4 is 32.9 Å². The number of nitrogens with zero attached hydrogens (tertiary/aromatic N) is 3. The standard InChI is InChI=1S/C8H6IN3O3S/c9-6-5-12(16(13,14)15)11-8(6)7-3-1-2-4-10-7/h1-5H,(H,13,14,15). The Bertz CT molecular complexity index is 609. The molecule has 2 rings (SSSR count). The summed E-state index contributed by atoms with van der Waals surface area (Å²) in [6.45, 7) is 0. The van der Waals surface area contributed by atoms with Crippen LogP contribution in [0.4, 0.5) is 0 Å². The number of hydrogen-bond donors (Lipinski definition) is 1. The van der Waals surface area contributed by atoms with E-state index < -0.39 is 10.3 Å². The van der Waals surface area contributed by atoms with E-state index in [-0.39, 0.29) is 0 Å². The first-order valence-electron chi connectivity index (χ1n) is 4.13. The van der Waals surface area contributed by atoms with E-state index in [1.807, 2.05) is 22.6 Å². The Kier molecular flexibility index (Phi) is 2.95. The third-order valence-corrected chi connectivity index (χ3v) is 3.24. The van der Waals surface area contributed by atoms with Crippen molar-refractivity contribution in [3.05, 3.63) is 34.2 Å². The molecule has 0 amide bonds. The van der Waals surface area contributed by atoms with Gasteiger partial charge in [-0.3, -0.25) is 9.54 Å². The molecule has 0 aliphatic heterocycles. The largest absolute Gasteiger partial charge is 0.379 e. The topological polar surface area (TPSA) is 85.1 Å². The van der Waals surface area contributed by atoms with Crippen molar-refractivity contribution in [2.45, 2.75) is 0 Å². The molecule has 8 heteroatoms. The van der Waals surface area contributed by atoms with E-state index in [0.29, 0.717) is 19.0 Å². The van der Waals surface area contributed by atoms with Gasteiger partial charge in [0.05, 0.1) is 15.5 Å². The zero-order chi connectivity index (χ0) is 11.8. The van der Waals surface area contributed by atoms with Crippen molar-refractivity contribution in [2.24, 2.45) is 0 Å². The molecule has 0 aromatic carbocycles. The Labute approximate surface area is 105 Å². The summed E-state index contributed by atoms with van der Waals surface area (Å²) in [6.07, 6.45) is 2.80. The molecule has 0 radical (unpaired) electrons. The van der Waals surface area contributed by atoms with E-state index >= 15 is 0 Å². The van der Waals surface area contributed by atoms with Crippen LogP contribution >= 0.6 is 22.6 Å². The molecule has 16 heavy (non-hydrogen) atoms. The highest BCUT2D eigenvalue weighted by molar-refractivity contribution is 14.1. The van der Waals surface area contributed by atoms with Crippen LogP contribution < -0.4 is 0 Å². The molecule has 0 atom stereocenters. The van der Waals surface area contributed by atoms with Crippen molar-refractivity contribution in [2.75, 3.05) is 0 Å². The molecule has 6 nitrogen and oxygen atoms in total. The monoisotopic (exact) mass is 351 g/mol. The van der Waals surface area contributed by atoms with Gasteiger partial charge in [-0.15, -0.1) is 4.09 Å². The average molecular weight is 351 g/mol. The van der Waals surface area contributed by atoms with Gasteiger partial charge in [-0.25, -0.2) is 0 Å². The highest BCUT2D eigenvalue weighted by atomic mass is 127. The Morgan fingerprint density at radius 1 is 1.38 bits per heavy atom. The van der Waals surface area contributed by atoms with Gasteiger partial charge >= 0.3 is 10.3 Å². The minimum atomic E-state index is -4.34. The maximum Gasteiger partial charge on any atom is 0.379 e. The van der Waals surface area contributed by atoms with Crippen LogP contribution in [0, 0.1) is 3.57 Å². The molecule has 0 saturated heterocycles. The molecule has 0 spiro atoms. The van der Waals surface area contributed by atoms with Crippen LogP contribution in [-0.4, -0.2) is 27.1 Å². The molecular formula is C8H6IN3O3S. The van der Waals surface area contributed by atoms with Gasteiger partial charge in [0.2, 0.25) is 0 Å². The summed E-state index contributed by atoms with van der Waals surface area (Å²) in [5.74, 6) is 0. The van der Waals surface area contributed by atoms with E-state index in [1.54, 1.807) is 24.4 Å². The Morgan fingerprint density at radius 2 is 2.12 bits per heavy atom. The maximum atomic E-state index is 10.9. The van der Waals surface area contributed by atoms with Crippen LogP contribution in [0.25, 0.3) is 11.4 Å². The molecule has 2 aromatic rings. The molecule has 0 aliphatic rings. The molecular weight excluding hydrogens is 345 g/mol. The summed E-state index contributed by atoms with van der Waals surface area (Å²) in [6, 6.07) is 5.22. The zero-order valence-corrected chi connectivity index (χ0v) is 10.8. The van der Waals surface area contributed by atoms with Gasteiger partial charge in [-0.05, 0) is 34.7 Å². The summed E-state index contributed by atoms with van der Waals surface area (Å²) in [5.41, 5.74) is 0.966. The predicted molar refractivity (Wildman–Crippen MR) is 65.1 cm³/mol. The van der Waals surface area contributed by atoms with Gasteiger partial charge in [0.25, 0.3) is 0 Å². The fourth-order valence-corrected chi connectivity index (χ4v) is 2.39. The summed E-state index contributed by atoms with van der Waals surface area (Å²) in [7, 11) is -4.34. The van der Waals surface area contributed by atoms with Crippen LogP contribution in [0.1, 0.15) is 0 Å². The lowest BCUT2D eigenvalue weighted by Crippen LogP contribution is -2.11. The van der Waals surface area contributed by atoms with Gasteiger partial charge in [-0.2, -0.15) is 13.5 Å². The molecule has 0 saturated carbocycles. The van der Waals surface area contributed by atoms with Crippen LogP contribution in [-0.2, 0) is 10.3 Å². The van der Waals surface area contributed by atoms with Gasteiger partial charge in [0.1, 0.15) is 5.69 Å². The third-order valence-electron chi connectivity index (χ3n) is 1.79. The van der Waals surface area contributed by atoms with Crippen molar-refractivity contribution in [3.63, 3.8) is 0 Å². The minimum absolute atomic E-state index is 0.416. The molecule has 2 aromatic heterocycles. The Morgan fingerprint density at radius 3 is 2.62 bits per heavy atom. The van der Waals surface area contributed by atoms with Gasteiger partial charge < -0.3 is 0 Å². The van der Waals surface area contributed by atoms with Gasteiger partial charge in [0.15, 0.2) is 0 Å². The van der Waals surface area contributed by atoms with Crippen LogP contribution in [0.3, 0.4) is 0 Å². The van der Waals surface area contributed by atoms with Crippen molar-refractivity contribution < 1.29 is 13.0 Å². The highest BCUT2D eigenvalue weighted by Gasteiger charge is 2.15. The van der Waals surface area contributed by atoms with Crippen LogP contribution in [0.2, 0.25) is 0 Å². The van der Waals surface area contributed by atoms with Crippen LogP contribution in [0.5, 0.6) is 0 Å². The van der Waals surface area contributed by atoms with E-state index in [1.165, 1.54) is 6.20 Å². The van der Waals surface area contributed by atoms with Gasteiger partial charge in [0, 0.05) is 6.20 Å². The molecule has 0 fully saturated rings. The SMILES string of the molecule is O=S(=O)(O)n1cc(I)c(-c2ccccn2)n1.